The fraction of sp³-hybridized carbons (Fsp3) is 0.571. The van der Waals surface area contributed by atoms with Crippen LogP contribution in [0.15, 0.2) is 16.6 Å². The number of ether oxygens (including phenoxy) is 2. The molecule has 3 rings (SSSR count). The van der Waals surface area contributed by atoms with Crippen LogP contribution in [0.4, 0.5) is 0 Å². The zero-order valence-electron chi connectivity index (χ0n) is 10.4. The van der Waals surface area contributed by atoms with Crippen molar-refractivity contribution in [2.45, 2.75) is 31.1 Å². The molecule has 3 nitrogen and oxygen atoms in total. The molecular weight excluding hydrogens is 294 g/mol. The first-order valence-corrected chi connectivity index (χ1v) is 7.35. The van der Waals surface area contributed by atoms with Gasteiger partial charge in [0.2, 0.25) is 0 Å². The van der Waals surface area contributed by atoms with Gasteiger partial charge in [-0.1, -0.05) is 12.5 Å². The second-order valence-corrected chi connectivity index (χ2v) is 5.94. The molecule has 0 aromatic heterocycles. The predicted molar refractivity (Wildman–Crippen MR) is 74.3 cm³/mol. The number of halogens is 1. The predicted octanol–water partition coefficient (Wildman–Crippen LogP) is 2.99. The monoisotopic (exact) mass is 311 g/mol. The molecule has 1 heterocycles. The molecule has 0 unspecified atom stereocenters. The van der Waals surface area contributed by atoms with Crippen molar-refractivity contribution in [3.8, 4) is 11.5 Å². The van der Waals surface area contributed by atoms with Gasteiger partial charge in [0.15, 0.2) is 11.5 Å². The molecule has 1 aromatic rings. The maximum atomic E-state index is 5.98. The van der Waals surface area contributed by atoms with E-state index in [2.05, 4.69) is 22.0 Å². The van der Waals surface area contributed by atoms with Crippen molar-refractivity contribution in [3.05, 3.63) is 22.2 Å². The average Bonchev–Trinajstić information content (AvgIpc) is 2.57. The third-order valence-corrected chi connectivity index (χ3v) is 4.91. The van der Waals surface area contributed by atoms with Crippen molar-refractivity contribution in [1.29, 1.82) is 0 Å². The number of nitrogens with two attached hydrogens (primary N) is 1. The Morgan fingerprint density at radius 3 is 2.61 bits per heavy atom. The van der Waals surface area contributed by atoms with Gasteiger partial charge in [-0.25, -0.2) is 0 Å². The largest absolute Gasteiger partial charge is 0.490 e. The van der Waals surface area contributed by atoms with Gasteiger partial charge in [-0.3, -0.25) is 0 Å². The second kappa shape index (κ2) is 4.74. The lowest BCUT2D eigenvalue weighted by Crippen LogP contribution is -2.41. The molecule has 0 atom stereocenters. The van der Waals surface area contributed by atoms with E-state index in [9.17, 15) is 0 Å². The van der Waals surface area contributed by atoms with Gasteiger partial charge in [0.05, 0.1) is 17.7 Å². The third-order valence-electron chi connectivity index (χ3n) is 4.13. The molecule has 1 aliphatic heterocycles. The van der Waals surface area contributed by atoms with Crippen LogP contribution in [0.1, 0.15) is 31.2 Å². The SMILES string of the molecule is NCC1(c2ccc3c(c2Br)OCCCO3)CCC1. The van der Waals surface area contributed by atoms with Gasteiger partial charge in [-0.15, -0.1) is 0 Å². The molecule has 0 bridgehead atoms. The summed E-state index contributed by atoms with van der Waals surface area (Å²) in [5, 5.41) is 0. The van der Waals surface area contributed by atoms with E-state index in [1.54, 1.807) is 0 Å². The first-order chi connectivity index (χ1) is 8.77. The summed E-state index contributed by atoms with van der Waals surface area (Å²) in [5.74, 6) is 1.69. The Morgan fingerprint density at radius 1 is 1.17 bits per heavy atom. The Labute approximate surface area is 116 Å². The molecule has 0 amide bonds. The molecule has 18 heavy (non-hydrogen) atoms. The molecule has 1 aromatic carbocycles. The van der Waals surface area contributed by atoms with Crippen LogP contribution < -0.4 is 15.2 Å². The highest BCUT2D eigenvalue weighted by molar-refractivity contribution is 9.10. The Hall–Kier alpha value is -0.740. The molecule has 0 radical (unpaired) electrons. The van der Waals surface area contributed by atoms with Crippen LogP contribution in [0.25, 0.3) is 0 Å². The van der Waals surface area contributed by atoms with E-state index in [0.29, 0.717) is 13.2 Å². The van der Waals surface area contributed by atoms with Gasteiger partial charge >= 0.3 is 0 Å². The Kier molecular flexibility index (Phi) is 3.24. The molecule has 98 valence electrons. The first kappa shape index (κ1) is 12.3. The molecule has 1 aliphatic carbocycles. The lowest BCUT2D eigenvalue weighted by molar-refractivity contribution is 0.249. The minimum Gasteiger partial charge on any atom is -0.490 e. The fourth-order valence-electron chi connectivity index (χ4n) is 2.80. The van der Waals surface area contributed by atoms with Crippen LogP contribution in [0, 0.1) is 0 Å². The molecule has 4 heteroatoms. The molecular formula is C14H18BrNO2. The quantitative estimate of drug-likeness (QED) is 0.913. The van der Waals surface area contributed by atoms with Gasteiger partial charge < -0.3 is 15.2 Å². The van der Waals surface area contributed by atoms with Crippen LogP contribution in [0.2, 0.25) is 0 Å². The van der Waals surface area contributed by atoms with E-state index in [4.69, 9.17) is 15.2 Å². The summed E-state index contributed by atoms with van der Waals surface area (Å²) in [6.07, 6.45) is 4.53. The minimum absolute atomic E-state index is 0.142. The van der Waals surface area contributed by atoms with Crippen LogP contribution in [0.3, 0.4) is 0 Å². The third kappa shape index (κ3) is 1.82. The van der Waals surface area contributed by atoms with Crippen LogP contribution >= 0.6 is 15.9 Å². The lowest BCUT2D eigenvalue weighted by Gasteiger charge is -2.42. The highest BCUT2D eigenvalue weighted by Gasteiger charge is 2.39. The van der Waals surface area contributed by atoms with Crippen molar-refractivity contribution in [3.63, 3.8) is 0 Å². The summed E-state index contributed by atoms with van der Waals surface area (Å²) in [6, 6.07) is 4.17. The van der Waals surface area contributed by atoms with E-state index >= 15 is 0 Å². The van der Waals surface area contributed by atoms with Crippen molar-refractivity contribution in [2.75, 3.05) is 19.8 Å². The summed E-state index contributed by atoms with van der Waals surface area (Å²) >= 11 is 3.69. The maximum Gasteiger partial charge on any atom is 0.175 e. The summed E-state index contributed by atoms with van der Waals surface area (Å²) in [4.78, 5) is 0. The maximum absolute atomic E-state index is 5.98. The van der Waals surface area contributed by atoms with Crippen molar-refractivity contribution < 1.29 is 9.47 Å². The van der Waals surface area contributed by atoms with Crippen LogP contribution in [-0.2, 0) is 5.41 Å². The van der Waals surface area contributed by atoms with Gasteiger partial charge in [-0.05, 0) is 40.4 Å². The first-order valence-electron chi connectivity index (χ1n) is 6.55. The van der Waals surface area contributed by atoms with E-state index in [0.717, 1.165) is 29.0 Å². The Morgan fingerprint density at radius 2 is 1.94 bits per heavy atom. The molecule has 0 saturated heterocycles. The molecule has 2 aliphatic rings. The zero-order valence-corrected chi connectivity index (χ0v) is 12.0. The summed E-state index contributed by atoms with van der Waals surface area (Å²) in [7, 11) is 0. The number of hydrogen-bond acceptors (Lipinski definition) is 3. The minimum atomic E-state index is 0.142. The number of fused-ring (bicyclic) bond motifs is 1. The summed E-state index contributed by atoms with van der Waals surface area (Å²) in [6.45, 7) is 2.14. The summed E-state index contributed by atoms with van der Waals surface area (Å²) in [5.41, 5.74) is 7.40. The van der Waals surface area contributed by atoms with Crippen LogP contribution in [0.5, 0.6) is 11.5 Å². The molecule has 1 saturated carbocycles. The van der Waals surface area contributed by atoms with Gasteiger partial charge in [0.25, 0.3) is 0 Å². The average molecular weight is 312 g/mol. The molecule has 1 fully saturated rings. The molecule has 2 N–H and O–H groups in total. The van der Waals surface area contributed by atoms with Gasteiger partial charge in [0.1, 0.15) is 0 Å². The second-order valence-electron chi connectivity index (χ2n) is 5.14. The standard InChI is InChI=1S/C14H18BrNO2/c15-12-10(14(9-16)5-1-6-14)3-4-11-13(12)18-8-2-7-17-11/h3-4H,1-2,5-9,16H2. The highest BCUT2D eigenvalue weighted by atomic mass is 79.9. The van der Waals surface area contributed by atoms with E-state index in [1.807, 2.05) is 6.07 Å². The van der Waals surface area contributed by atoms with E-state index in [-0.39, 0.29) is 5.41 Å². The van der Waals surface area contributed by atoms with Crippen molar-refractivity contribution in [1.82, 2.24) is 0 Å². The highest BCUT2D eigenvalue weighted by Crippen LogP contribution is 2.50. The fourth-order valence-corrected chi connectivity index (χ4v) is 3.66. The van der Waals surface area contributed by atoms with E-state index < -0.39 is 0 Å². The van der Waals surface area contributed by atoms with Crippen molar-refractivity contribution >= 4 is 15.9 Å². The van der Waals surface area contributed by atoms with Gasteiger partial charge in [-0.2, -0.15) is 0 Å². The topological polar surface area (TPSA) is 44.5 Å². The molecule has 0 spiro atoms. The Bertz CT molecular complexity index is 452. The Balaban J connectivity index is 2.04. The summed E-state index contributed by atoms with van der Waals surface area (Å²) < 4.78 is 12.5. The number of hydrogen-bond donors (Lipinski definition) is 1. The number of rotatable bonds is 2. The van der Waals surface area contributed by atoms with Crippen LogP contribution in [-0.4, -0.2) is 19.8 Å². The smallest absolute Gasteiger partial charge is 0.175 e. The lowest BCUT2D eigenvalue weighted by atomic mass is 9.64. The van der Waals surface area contributed by atoms with E-state index in [1.165, 1.54) is 24.8 Å². The number of benzene rings is 1. The zero-order chi connectivity index (χ0) is 12.6. The van der Waals surface area contributed by atoms with Gasteiger partial charge in [0, 0.05) is 18.4 Å². The van der Waals surface area contributed by atoms with Crippen molar-refractivity contribution in [2.24, 2.45) is 5.73 Å². The normalized spacial score (nSPS) is 21.0.